The van der Waals surface area contributed by atoms with Gasteiger partial charge in [-0.05, 0) is 36.2 Å². The molecule has 0 aliphatic carbocycles. The van der Waals surface area contributed by atoms with Crippen LogP contribution in [0.15, 0.2) is 29.3 Å². The number of nitrogens with zero attached hydrogens (tertiary/aromatic N) is 3. The second kappa shape index (κ2) is 6.61. The number of carbonyl (C=O) groups is 2. The molecule has 0 saturated carbocycles. The Hall–Kier alpha value is -2.78. The molecule has 2 heterocycles. The van der Waals surface area contributed by atoms with E-state index in [-0.39, 0.29) is 22.5 Å². The number of aromatic nitrogens is 3. The van der Waals surface area contributed by atoms with Gasteiger partial charge in [0.25, 0.3) is 11.5 Å². The van der Waals surface area contributed by atoms with Gasteiger partial charge in [0.15, 0.2) is 5.69 Å². The minimum absolute atomic E-state index is 0.0528. The van der Waals surface area contributed by atoms with E-state index < -0.39 is 17.4 Å². The first-order valence-corrected chi connectivity index (χ1v) is 8.22. The summed E-state index contributed by atoms with van der Waals surface area (Å²) in [5.74, 6) is -1.17. The number of rotatable bonds is 4. The number of nitrogens with one attached hydrogen (secondary N) is 1. The average Bonchev–Trinajstić information content (AvgIpc) is 2.98. The van der Waals surface area contributed by atoms with Gasteiger partial charge in [0.2, 0.25) is 5.91 Å². The van der Waals surface area contributed by atoms with Gasteiger partial charge in [-0.3, -0.25) is 19.0 Å². The van der Waals surface area contributed by atoms with Crippen LogP contribution in [0.1, 0.15) is 16.1 Å². The van der Waals surface area contributed by atoms with Crippen LogP contribution >= 0.6 is 23.1 Å². The van der Waals surface area contributed by atoms with E-state index in [1.807, 2.05) is 6.92 Å². The van der Waals surface area contributed by atoms with Crippen LogP contribution in [0.4, 0.5) is 5.69 Å². The maximum atomic E-state index is 12.4. The van der Waals surface area contributed by atoms with Crippen molar-refractivity contribution in [3.05, 3.63) is 51.2 Å². The molecule has 2 amide bonds. The van der Waals surface area contributed by atoms with Crippen molar-refractivity contribution in [2.24, 2.45) is 5.73 Å². The van der Waals surface area contributed by atoms with Crippen LogP contribution in [0.25, 0.3) is 10.2 Å². The Labute approximate surface area is 150 Å². The molecule has 3 aromatic rings. The molecular formula is C15H12ClN5O3S. The van der Waals surface area contributed by atoms with Crippen molar-refractivity contribution in [1.82, 2.24) is 13.9 Å². The smallest absolute Gasteiger partial charge is 0.273 e. The number of fused-ring (bicyclic) bond motifs is 1. The summed E-state index contributed by atoms with van der Waals surface area (Å²) < 4.78 is 5.14. The predicted octanol–water partition coefficient (Wildman–Crippen LogP) is 1.55. The molecule has 0 bridgehead atoms. The zero-order valence-corrected chi connectivity index (χ0v) is 14.5. The quantitative estimate of drug-likeness (QED) is 0.714. The molecule has 10 heteroatoms. The highest BCUT2D eigenvalue weighted by Crippen LogP contribution is 2.20. The van der Waals surface area contributed by atoms with Crippen molar-refractivity contribution in [3.63, 3.8) is 0 Å². The Bertz CT molecular complexity index is 1060. The van der Waals surface area contributed by atoms with Crippen LogP contribution < -0.4 is 16.6 Å². The highest BCUT2D eigenvalue weighted by molar-refractivity contribution is 7.13. The molecule has 0 atom stereocenters. The van der Waals surface area contributed by atoms with Gasteiger partial charge in [0, 0.05) is 10.7 Å². The Morgan fingerprint density at radius 1 is 1.40 bits per heavy atom. The number of hydrogen-bond acceptors (Lipinski definition) is 6. The maximum Gasteiger partial charge on any atom is 0.273 e. The Morgan fingerprint density at radius 2 is 2.16 bits per heavy atom. The lowest BCUT2D eigenvalue weighted by Gasteiger charge is -2.08. The third kappa shape index (κ3) is 3.37. The highest BCUT2D eigenvalue weighted by atomic mass is 35.5. The minimum atomic E-state index is -0.759. The maximum absolute atomic E-state index is 12.4. The zero-order valence-electron chi connectivity index (χ0n) is 12.9. The van der Waals surface area contributed by atoms with E-state index in [2.05, 4.69) is 14.7 Å². The van der Waals surface area contributed by atoms with Gasteiger partial charge in [0.05, 0.1) is 6.33 Å². The van der Waals surface area contributed by atoms with E-state index in [1.54, 1.807) is 18.2 Å². The van der Waals surface area contributed by atoms with Crippen molar-refractivity contribution in [1.29, 1.82) is 0 Å². The van der Waals surface area contributed by atoms with Crippen LogP contribution in [0.2, 0.25) is 5.02 Å². The van der Waals surface area contributed by atoms with Gasteiger partial charge in [-0.2, -0.15) is 4.37 Å². The number of nitrogens with two attached hydrogens (primary N) is 1. The lowest BCUT2D eigenvalue weighted by molar-refractivity contribution is -0.116. The van der Waals surface area contributed by atoms with Crippen molar-refractivity contribution >= 4 is 50.9 Å². The summed E-state index contributed by atoms with van der Waals surface area (Å²) in [5, 5.41) is 3.19. The molecule has 0 radical (unpaired) electrons. The minimum Gasteiger partial charge on any atom is -0.364 e. The molecule has 0 saturated heterocycles. The van der Waals surface area contributed by atoms with Gasteiger partial charge >= 0.3 is 0 Å². The van der Waals surface area contributed by atoms with E-state index in [4.69, 9.17) is 17.3 Å². The highest BCUT2D eigenvalue weighted by Gasteiger charge is 2.17. The molecule has 0 aliphatic heterocycles. The van der Waals surface area contributed by atoms with E-state index >= 15 is 0 Å². The average molecular weight is 378 g/mol. The number of anilines is 1. The van der Waals surface area contributed by atoms with Crippen LogP contribution in [-0.2, 0) is 11.3 Å². The van der Waals surface area contributed by atoms with E-state index in [0.717, 1.165) is 21.7 Å². The molecule has 0 spiro atoms. The largest absolute Gasteiger partial charge is 0.364 e. The monoisotopic (exact) mass is 377 g/mol. The number of primary amides is 1. The summed E-state index contributed by atoms with van der Waals surface area (Å²) in [6.07, 6.45) is 1.19. The third-order valence-electron chi connectivity index (χ3n) is 3.45. The molecule has 25 heavy (non-hydrogen) atoms. The molecule has 0 fully saturated rings. The number of benzene rings is 1. The lowest BCUT2D eigenvalue weighted by atomic mass is 10.2. The lowest BCUT2D eigenvalue weighted by Crippen LogP contribution is -2.27. The molecule has 3 N–H and O–H groups in total. The topological polar surface area (TPSA) is 120 Å². The van der Waals surface area contributed by atoms with E-state index in [9.17, 15) is 14.4 Å². The fraction of sp³-hybridized carbons (Fsp3) is 0.133. The molecule has 1 aromatic carbocycles. The van der Waals surface area contributed by atoms with Crippen molar-refractivity contribution in [2.75, 3.05) is 5.32 Å². The first-order valence-electron chi connectivity index (χ1n) is 7.07. The first kappa shape index (κ1) is 17.1. The van der Waals surface area contributed by atoms with E-state index in [1.165, 1.54) is 6.33 Å². The van der Waals surface area contributed by atoms with Crippen molar-refractivity contribution in [3.8, 4) is 0 Å². The standard InChI is InChI=1S/C15H12ClN5O3S/c1-7-2-3-8(4-9(7)16)19-10(22)5-21-6-18-11-12(14(17)23)20-25-13(11)15(21)24/h2-4,6H,5H2,1H3,(H2,17,23)(H,19,22). The van der Waals surface area contributed by atoms with Gasteiger partial charge < -0.3 is 11.1 Å². The number of hydrogen-bond donors (Lipinski definition) is 2. The number of aryl methyl sites for hydroxylation is 1. The SMILES string of the molecule is Cc1ccc(NC(=O)Cn2cnc3c(C(N)=O)nsc3c2=O)cc1Cl. The molecule has 128 valence electrons. The number of halogens is 1. The molecule has 0 aliphatic rings. The second-order valence-corrected chi connectivity index (χ2v) is 6.44. The summed E-state index contributed by atoms with van der Waals surface area (Å²) in [6, 6.07) is 5.12. The fourth-order valence-corrected chi connectivity index (χ4v) is 3.13. The van der Waals surface area contributed by atoms with E-state index in [0.29, 0.717) is 10.7 Å². The van der Waals surface area contributed by atoms with Gasteiger partial charge in [-0.15, -0.1) is 0 Å². The summed E-state index contributed by atoms with van der Waals surface area (Å²) >= 11 is 6.84. The Morgan fingerprint density at radius 3 is 2.84 bits per heavy atom. The number of amides is 2. The Balaban J connectivity index is 1.84. The molecule has 2 aromatic heterocycles. The van der Waals surface area contributed by atoms with Crippen molar-refractivity contribution < 1.29 is 9.59 Å². The second-order valence-electron chi connectivity index (χ2n) is 5.26. The van der Waals surface area contributed by atoms with Crippen molar-refractivity contribution in [2.45, 2.75) is 13.5 Å². The number of carbonyl (C=O) groups excluding carboxylic acids is 2. The summed E-state index contributed by atoms with van der Waals surface area (Å²) in [6.45, 7) is 1.61. The Kier molecular flexibility index (Phi) is 4.51. The molecule has 8 nitrogen and oxygen atoms in total. The predicted molar refractivity (Wildman–Crippen MR) is 95.0 cm³/mol. The summed E-state index contributed by atoms with van der Waals surface area (Å²) in [4.78, 5) is 39.8. The molecular weight excluding hydrogens is 366 g/mol. The summed E-state index contributed by atoms with van der Waals surface area (Å²) in [7, 11) is 0. The van der Waals surface area contributed by atoms with Gasteiger partial charge in [-0.25, -0.2) is 4.98 Å². The third-order valence-corrected chi connectivity index (χ3v) is 4.68. The first-order chi connectivity index (χ1) is 11.9. The van der Waals surface area contributed by atoms with Crippen LogP contribution in [0, 0.1) is 6.92 Å². The summed E-state index contributed by atoms with van der Waals surface area (Å²) in [5.41, 5.74) is 6.22. The normalized spacial score (nSPS) is 10.8. The van der Waals surface area contributed by atoms with Crippen LogP contribution in [0.5, 0.6) is 0 Å². The van der Waals surface area contributed by atoms with Crippen LogP contribution in [0.3, 0.4) is 0 Å². The van der Waals surface area contributed by atoms with Gasteiger partial charge in [-0.1, -0.05) is 17.7 Å². The molecule has 0 unspecified atom stereocenters. The zero-order chi connectivity index (χ0) is 18.1. The van der Waals surface area contributed by atoms with Gasteiger partial charge in [0.1, 0.15) is 16.8 Å². The fourth-order valence-electron chi connectivity index (χ4n) is 2.16. The van der Waals surface area contributed by atoms with Crippen LogP contribution in [-0.4, -0.2) is 25.7 Å². The molecule has 3 rings (SSSR count).